The number of hydrogen-bond acceptors (Lipinski definition) is 6. The molecule has 1 saturated heterocycles. The first-order valence-corrected chi connectivity index (χ1v) is 6.57. The molecule has 1 amide bonds. The minimum atomic E-state index is -0.249. The Morgan fingerprint density at radius 2 is 2.16 bits per heavy atom. The fourth-order valence-corrected chi connectivity index (χ4v) is 2.33. The normalized spacial score (nSPS) is 22.5. The molecule has 7 nitrogen and oxygen atoms in total. The van der Waals surface area contributed by atoms with Crippen LogP contribution in [0.2, 0.25) is 0 Å². The molecule has 5 N–H and O–H groups in total. The Morgan fingerprint density at radius 1 is 1.37 bits per heavy atom. The molecule has 3 rings (SSSR count). The van der Waals surface area contributed by atoms with Gasteiger partial charge in [0.1, 0.15) is 11.6 Å². The number of anilines is 3. The molecule has 1 aliphatic carbocycles. The zero-order valence-corrected chi connectivity index (χ0v) is 10.7. The Bertz CT molecular complexity index is 501. The van der Waals surface area contributed by atoms with Gasteiger partial charge in [-0.1, -0.05) is 0 Å². The molecular formula is C12H18N6O. The zero-order valence-electron chi connectivity index (χ0n) is 10.7. The second-order valence-corrected chi connectivity index (χ2v) is 5.22. The van der Waals surface area contributed by atoms with Crippen LogP contribution >= 0.6 is 0 Å². The van der Waals surface area contributed by atoms with Crippen LogP contribution in [0.5, 0.6) is 0 Å². The second-order valence-electron chi connectivity index (χ2n) is 5.22. The minimum absolute atomic E-state index is 0.101. The number of carbonyl (C=O) groups excluding carboxylic acids is 1. The molecule has 1 aliphatic heterocycles. The van der Waals surface area contributed by atoms with Gasteiger partial charge in [-0.15, -0.1) is 0 Å². The molecule has 2 fully saturated rings. The molecule has 7 heteroatoms. The van der Waals surface area contributed by atoms with E-state index < -0.39 is 0 Å². The van der Waals surface area contributed by atoms with Crippen LogP contribution in [0.3, 0.4) is 0 Å². The summed E-state index contributed by atoms with van der Waals surface area (Å²) >= 11 is 0. The van der Waals surface area contributed by atoms with Gasteiger partial charge < -0.3 is 21.7 Å². The van der Waals surface area contributed by atoms with E-state index in [0.717, 1.165) is 24.6 Å². The number of primary amides is 1. The summed E-state index contributed by atoms with van der Waals surface area (Å²) in [5.74, 6) is 1.42. The summed E-state index contributed by atoms with van der Waals surface area (Å²) in [5, 5.41) is 3.31. The summed E-state index contributed by atoms with van der Waals surface area (Å²) < 4.78 is 0. The lowest BCUT2D eigenvalue weighted by atomic mass is 10.1. The molecule has 0 bridgehead atoms. The van der Waals surface area contributed by atoms with Gasteiger partial charge in [-0.3, -0.25) is 4.79 Å². The summed E-state index contributed by atoms with van der Waals surface area (Å²) in [4.78, 5) is 21.6. The summed E-state index contributed by atoms with van der Waals surface area (Å²) in [6.07, 6.45) is 3.12. The van der Waals surface area contributed by atoms with Gasteiger partial charge >= 0.3 is 0 Å². The van der Waals surface area contributed by atoms with Crippen molar-refractivity contribution in [3.8, 4) is 0 Å². The molecule has 0 aromatic carbocycles. The van der Waals surface area contributed by atoms with E-state index in [-0.39, 0.29) is 17.8 Å². The first-order valence-electron chi connectivity index (χ1n) is 6.57. The summed E-state index contributed by atoms with van der Waals surface area (Å²) in [5.41, 5.74) is 11.1. The number of nitrogen functional groups attached to an aromatic ring is 1. The number of hydrogen-bond donors (Lipinski definition) is 3. The van der Waals surface area contributed by atoms with E-state index in [2.05, 4.69) is 15.3 Å². The topological polar surface area (TPSA) is 110 Å². The van der Waals surface area contributed by atoms with Crippen molar-refractivity contribution in [1.82, 2.24) is 9.97 Å². The molecule has 1 atom stereocenters. The molecule has 1 aromatic rings. The van der Waals surface area contributed by atoms with Crippen LogP contribution in [0.1, 0.15) is 19.3 Å². The monoisotopic (exact) mass is 262 g/mol. The van der Waals surface area contributed by atoms with Gasteiger partial charge in [-0.25, -0.2) is 0 Å². The Hall–Kier alpha value is -2.05. The quantitative estimate of drug-likeness (QED) is 0.701. The Kier molecular flexibility index (Phi) is 2.88. The number of nitrogens with two attached hydrogens (primary N) is 2. The van der Waals surface area contributed by atoms with Crippen LogP contribution in [-0.2, 0) is 4.79 Å². The standard InChI is InChI=1S/C12H18N6O/c13-11(19)7-3-4-18(6-7)10-5-9(15-8-1-2-8)16-12(14)17-10/h5,7-8H,1-4,6H2,(H2,13,19)(H3,14,15,16,17)/t7-/m0/s1. The molecule has 0 radical (unpaired) electrons. The van der Waals surface area contributed by atoms with Gasteiger partial charge in [0.2, 0.25) is 11.9 Å². The summed E-state index contributed by atoms with van der Waals surface area (Å²) in [6, 6.07) is 2.40. The lowest BCUT2D eigenvalue weighted by Crippen LogP contribution is -2.28. The van der Waals surface area contributed by atoms with Crippen molar-refractivity contribution >= 4 is 23.5 Å². The molecule has 19 heavy (non-hydrogen) atoms. The smallest absolute Gasteiger partial charge is 0.223 e. The van der Waals surface area contributed by atoms with Crippen LogP contribution in [0, 0.1) is 5.92 Å². The SMILES string of the molecule is NC(=O)[C@H]1CCN(c2cc(NC3CC3)nc(N)n2)C1. The fourth-order valence-electron chi connectivity index (χ4n) is 2.33. The van der Waals surface area contributed by atoms with Gasteiger partial charge in [0.15, 0.2) is 0 Å². The van der Waals surface area contributed by atoms with Gasteiger partial charge in [-0.05, 0) is 19.3 Å². The maximum atomic E-state index is 11.2. The number of rotatable bonds is 4. The molecule has 1 saturated carbocycles. The van der Waals surface area contributed by atoms with Gasteiger partial charge in [0, 0.05) is 25.2 Å². The highest BCUT2D eigenvalue weighted by Crippen LogP contribution is 2.27. The molecule has 0 spiro atoms. The highest BCUT2D eigenvalue weighted by Gasteiger charge is 2.28. The van der Waals surface area contributed by atoms with E-state index >= 15 is 0 Å². The van der Waals surface area contributed by atoms with E-state index in [1.54, 1.807) is 0 Å². The molecular weight excluding hydrogens is 244 g/mol. The van der Waals surface area contributed by atoms with Crippen molar-refractivity contribution in [1.29, 1.82) is 0 Å². The summed E-state index contributed by atoms with van der Waals surface area (Å²) in [6.45, 7) is 1.38. The van der Waals surface area contributed by atoms with Gasteiger partial charge in [0.05, 0.1) is 5.92 Å². The van der Waals surface area contributed by atoms with Crippen LogP contribution in [-0.4, -0.2) is 35.0 Å². The predicted octanol–water partition coefficient (Wildman–Crippen LogP) is -0.0553. The van der Waals surface area contributed by atoms with E-state index in [0.29, 0.717) is 12.6 Å². The fraction of sp³-hybridized carbons (Fsp3) is 0.583. The maximum absolute atomic E-state index is 11.2. The Balaban J connectivity index is 1.76. The number of amides is 1. The lowest BCUT2D eigenvalue weighted by molar-refractivity contribution is -0.121. The maximum Gasteiger partial charge on any atom is 0.223 e. The van der Waals surface area contributed by atoms with Gasteiger partial charge in [0.25, 0.3) is 0 Å². The second kappa shape index (κ2) is 4.56. The van der Waals surface area contributed by atoms with Crippen molar-refractivity contribution in [2.24, 2.45) is 11.7 Å². The van der Waals surface area contributed by atoms with E-state index in [1.165, 1.54) is 12.8 Å². The largest absolute Gasteiger partial charge is 0.369 e. The van der Waals surface area contributed by atoms with Crippen LogP contribution < -0.4 is 21.7 Å². The third-order valence-electron chi connectivity index (χ3n) is 3.57. The number of nitrogens with zero attached hydrogens (tertiary/aromatic N) is 3. The van der Waals surface area contributed by atoms with Crippen molar-refractivity contribution in [2.45, 2.75) is 25.3 Å². The van der Waals surface area contributed by atoms with Crippen molar-refractivity contribution < 1.29 is 4.79 Å². The highest BCUT2D eigenvalue weighted by atomic mass is 16.1. The average Bonchev–Trinajstić information content (AvgIpc) is 3.02. The van der Waals surface area contributed by atoms with Crippen molar-refractivity contribution in [3.63, 3.8) is 0 Å². The van der Waals surface area contributed by atoms with E-state index in [9.17, 15) is 4.79 Å². The number of nitrogens with one attached hydrogen (secondary N) is 1. The molecule has 1 aromatic heterocycles. The van der Waals surface area contributed by atoms with Crippen molar-refractivity contribution in [2.75, 3.05) is 29.0 Å². The Morgan fingerprint density at radius 3 is 2.79 bits per heavy atom. The first-order chi connectivity index (χ1) is 9.11. The third kappa shape index (κ3) is 2.69. The van der Waals surface area contributed by atoms with E-state index in [1.807, 2.05) is 11.0 Å². The van der Waals surface area contributed by atoms with Crippen molar-refractivity contribution in [3.05, 3.63) is 6.07 Å². The minimum Gasteiger partial charge on any atom is -0.369 e. The third-order valence-corrected chi connectivity index (χ3v) is 3.57. The first kappa shape index (κ1) is 12.0. The summed E-state index contributed by atoms with van der Waals surface area (Å²) in [7, 11) is 0. The Labute approximate surface area is 111 Å². The number of carbonyl (C=O) groups is 1. The predicted molar refractivity (Wildman–Crippen MR) is 72.6 cm³/mol. The van der Waals surface area contributed by atoms with E-state index in [4.69, 9.17) is 11.5 Å². The van der Waals surface area contributed by atoms with Crippen LogP contribution in [0.4, 0.5) is 17.6 Å². The van der Waals surface area contributed by atoms with Crippen LogP contribution in [0.15, 0.2) is 6.07 Å². The zero-order chi connectivity index (χ0) is 13.4. The molecule has 0 unspecified atom stereocenters. The van der Waals surface area contributed by atoms with Gasteiger partial charge in [-0.2, -0.15) is 9.97 Å². The van der Waals surface area contributed by atoms with Crippen LogP contribution in [0.25, 0.3) is 0 Å². The molecule has 102 valence electrons. The average molecular weight is 262 g/mol. The molecule has 2 aliphatic rings. The lowest BCUT2D eigenvalue weighted by Gasteiger charge is -2.18. The number of aromatic nitrogens is 2. The molecule has 2 heterocycles. The highest BCUT2D eigenvalue weighted by molar-refractivity contribution is 5.78.